The highest BCUT2D eigenvalue weighted by Gasteiger charge is 2.33. The molecule has 0 aliphatic rings. The van der Waals surface area contributed by atoms with E-state index in [1.807, 2.05) is 32.0 Å². The number of carbonyl (C=O) groups is 1. The Balaban J connectivity index is 3.47. The number of esters is 1. The third-order valence-electron chi connectivity index (χ3n) is 3.27. The Morgan fingerprint density at radius 1 is 1.36 bits per heavy atom. The predicted octanol–water partition coefficient (Wildman–Crippen LogP) is 2.58. The van der Waals surface area contributed by atoms with Crippen molar-refractivity contribution in [2.24, 2.45) is 0 Å². The number of rotatable bonds is 7. The number of benzene rings is 1. The van der Waals surface area contributed by atoms with Gasteiger partial charge in [-0.15, -0.1) is 6.58 Å². The van der Waals surface area contributed by atoms with Crippen molar-refractivity contribution in [3.8, 4) is 0 Å². The molecule has 6 heteroatoms. The van der Waals surface area contributed by atoms with Gasteiger partial charge in [0.1, 0.15) is 6.04 Å². The van der Waals surface area contributed by atoms with Crippen LogP contribution in [0.3, 0.4) is 0 Å². The first-order valence-electron chi connectivity index (χ1n) is 7.12. The highest BCUT2D eigenvalue weighted by molar-refractivity contribution is 7.93. The van der Waals surface area contributed by atoms with E-state index < -0.39 is 22.0 Å². The molecule has 122 valence electrons. The summed E-state index contributed by atoms with van der Waals surface area (Å²) in [6, 6.07) is 4.54. The fourth-order valence-corrected chi connectivity index (χ4v) is 3.91. The Morgan fingerprint density at radius 3 is 2.36 bits per heavy atom. The summed E-state index contributed by atoms with van der Waals surface area (Å²) in [7, 11) is -3.72. The summed E-state index contributed by atoms with van der Waals surface area (Å²) in [5, 5.41) is 0. The molecule has 0 heterocycles. The molecular weight excluding hydrogens is 302 g/mol. The van der Waals surface area contributed by atoms with Crippen LogP contribution in [-0.4, -0.2) is 32.8 Å². The minimum Gasteiger partial charge on any atom is -0.464 e. The first-order valence-corrected chi connectivity index (χ1v) is 8.73. The van der Waals surface area contributed by atoms with Crippen molar-refractivity contribution in [2.75, 3.05) is 16.7 Å². The van der Waals surface area contributed by atoms with Crippen LogP contribution in [0.2, 0.25) is 0 Å². The average molecular weight is 325 g/mol. The molecule has 5 nitrogen and oxygen atoms in total. The number of anilines is 1. The second-order valence-electron chi connectivity index (χ2n) is 5.03. The van der Waals surface area contributed by atoms with Gasteiger partial charge in [-0.3, -0.25) is 4.31 Å². The normalized spacial score (nSPS) is 12.5. The molecule has 1 atom stereocenters. The van der Waals surface area contributed by atoms with E-state index in [2.05, 4.69) is 6.58 Å². The van der Waals surface area contributed by atoms with Crippen molar-refractivity contribution in [3.63, 3.8) is 0 Å². The van der Waals surface area contributed by atoms with E-state index in [4.69, 9.17) is 4.74 Å². The summed E-state index contributed by atoms with van der Waals surface area (Å²) in [4.78, 5) is 12.1. The van der Waals surface area contributed by atoms with E-state index in [0.29, 0.717) is 5.69 Å². The lowest BCUT2D eigenvalue weighted by molar-refractivity contribution is -0.144. The topological polar surface area (TPSA) is 63.7 Å². The van der Waals surface area contributed by atoms with E-state index in [-0.39, 0.29) is 12.4 Å². The number of carbonyl (C=O) groups excluding carboxylic acids is 1. The lowest BCUT2D eigenvalue weighted by Gasteiger charge is -2.31. The van der Waals surface area contributed by atoms with Gasteiger partial charge in [-0.05, 0) is 38.8 Å². The summed E-state index contributed by atoms with van der Waals surface area (Å²) in [5.41, 5.74) is 2.08. The van der Waals surface area contributed by atoms with Crippen molar-refractivity contribution in [2.45, 2.75) is 33.7 Å². The summed E-state index contributed by atoms with van der Waals surface area (Å²) in [5.74, 6) is -0.817. The Bertz CT molecular complexity index is 632. The Labute approximate surface area is 132 Å². The third kappa shape index (κ3) is 3.88. The lowest BCUT2D eigenvalue weighted by atomic mass is 10.1. The zero-order valence-electron chi connectivity index (χ0n) is 13.5. The molecule has 0 saturated carbocycles. The van der Waals surface area contributed by atoms with Crippen LogP contribution in [0.25, 0.3) is 0 Å². The standard InChI is InChI=1S/C16H23NO4S/c1-6-11-22(19,20)17(14(5)16(18)21-7-2)15-12(3)9-8-10-13(15)4/h6,8-10,14H,1,7,11H2,2-5H3. The summed E-state index contributed by atoms with van der Waals surface area (Å²) in [6.45, 7) is 10.5. The summed E-state index contributed by atoms with van der Waals surface area (Å²) < 4.78 is 31.4. The minimum atomic E-state index is -3.72. The molecule has 0 aromatic heterocycles. The number of ether oxygens (including phenoxy) is 1. The van der Waals surface area contributed by atoms with Gasteiger partial charge >= 0.3 is 5.97 Å². The third-order valence-corrected chi connectivity index (χ3v) is 5.02. The van der Waals surface area contributed by atoms with Gasteiger partial charge in [0, 0.05) is 0 Å². The summed E-state index contributed by atoms with van der Waals surface area (Å²) >= 11 is 0. The number of para-hydroxylation sites is 1. The smallest absolute Gasteiger partial charge is 0.329 e. The molecule has 1 unspecified atom stereocenters. The van der Waals surface area contributed by atoms with Gasteiger partial charge < -0.3 is 4.74 Å². The zero-order valence-corrected chi connectivity index (χ0v) is 14.3. The second-order valence-corrected chi connectivity index (χ2v) is 6.92. The molecule has 0 aliphatic carbocycles. The van der Waals surface area contributed by atoms with Gasteiger partial charge in [0.05, 0.1) is 18.0 Å². The molecular formula is C16H23NO4S. The van der Waals surface area contributed by atoms with Crippen LogP contribution < -0.4 is 4.31 Å². The molecule has 0 radical (unpaired) electrons. The van der Waals surface area contributed by atoms with Crippen LogP contribution in [0.5, 0.6) is 0 Å². The van der Waals surface area contributed by atoms with Crippen molar-refractivity contribution >= 4 is 21.7 Å². The Kier molecular flexibility index (Phi) is 6.17. The van der Waals surface area contributed by atoms with Crippen molar-refractivity contribution in [1.29, 1.82) is 0 Å². The van der Waals surface area contributed by atoms with E-state index in [0.717, 1.165) is 15.4 Å². The molecule has 0 fully saturated rings. The molecule has 0 amide bonds. The molecule has 1 aromatic carbocycles. The SMILES string of the molecule is C=CCS(=O)(=O)N(c1c(C)cccc1C)C(C)C(=O)OCC. The highest BCUT2D eigenvalue weighted by Crippen LogP contribution is 2.29. The fourth-order valence-electron chi connectivity index (χ4n) is 2.31. The molecule has 1 rings (SSSR count). The molecule has 0 saturated heterocycles. The van der Waals surface area contributed by atoms with Crippen molar-refractivity contribution in [3.05, 3.63) is 42.0 Å². The first kappa shape index (κ1) is 18.2. The Hall–Kier alpha value is -1.82. The largest absolute Gasteiger partial charge is 0.464 e. The zero-order chi connectivity index (χ0) is 16.9. The quantitative estimate of drug-likeness (QED) is 0.571. The molecule has 0 aliphatic heterocycles. The predicted molar refractivity (Wildman–Crippen MR) is 88.5 cm³/mol. The Morgan fingerprint density at radius 2 is 1.91 bits per heavy atom. The maximum atomic E-state index is 12.6. The van der Waals surface area contributed by atoms with Crippen LogP contribution >= 0.6 is 0 Å². The van der Waals surface area contributed by atoms with E-state index in [1.54, 1.807) is 6.92 Å². The van der Waals surface area contributed by atoms with Crippen LogP contribution in [0, 0.1) is 13.8 Å². The number of aryl methyl sites for hydroxylation is 2. The van der Waals surface area contributed by atoms with Gasteiger partial charge in [0.2, 0.25) is 10.0 Å². The van der Waals surface area contributed by atoms with Gasteiger partial charge in [0.25, 0.3) is 0 Å². The van der Waals surface area contributed by atoms with Crippen LogP contribution in [0.4, 0.5) is 5.69 Å². The molecule has 0 N–H and O–H groups in total. The highest BCUT2D eigenvalue weighted by atomic mass is 32.2. The fraction of sp³-hybridized carbons (Fsp3) is 0.438. The molecule has 0 spiro atoms. The number of hydrogen-bond donors (Lipinski definition) is 0. The number of sulfonamides is 1. The van der Waals surface area contributed by atoms with Gasteiger partial charge in [-0.25, -0.2) is 13.2 Å². The molecule has 22 heavy (non-hydrogen) atoms. The van der Waals surface area contributed by atoms with E-state index in [1.165, 1.54) is 13.0 Å². The van der Waals surface area contributed by atoms with Gasteiger partial charge in [0.15, 0.2) is 0 Å². The van der Waals surface area contributed by atoms with Gasteiger partial charge in [-0.1, -0.05) is 24.3 Å². The summed E-state index contributed by atoms with van der Waals surface area (Å²) in [6.07, 6.45) is 1.31. The van der Waals surface area contributed by atoms with Crippen LogP contribution in [0.1, 0.15) is 25.0 Å². The second kappa shape index (κ2) is 7.45. The number of hydrogen-bond acceptors (Lipinski definition) is 4. The van der Waals surface area contributed by atoms with Crippen molar-refractivity contribution in [1.82, 2.24) is 0 Å². The van der Waals surface area contributed by atoms with E-state index in [9.17, 15) is 13.2 Å². The first-order chi connectivity index (χ1) is 10.3. The average Bonchev–Trinajstić information content (AvgIpc) is 2.42. The monoisotopic (exact) mass is 325 g/mol. The molecule has 0 bridgehead atoms. The van der Waals surface area contributed by atoms with Crippen molar-refractivity contribution < 1.29 is 17.9 Å². The van der Waals surface area contributed by atoms with Crippen LogP contribution in [0.15, 0.2) is 30.9 Å². The lowest BCUT2D eigenvalue weighted by Crippen LogP contribution is -2.45. The van der Waals surface area contributed by atoms with Gasteiger partial charge in [-0.2, -0.15) is 0 Å². The minimum absolute atomic E-state index is 0.200. The number of nitrogens with zero attached hydrogens (tertiary/aromatic N) is 1. The maximum Gasteiger partial charge on any atom is 0.329 e. The molecule has 1 aromatic rings. The van der Waals surface area contributed by atoms with E-state index >= 15 is 0 Å². The van der Waals surface area contributed by atoms with Crippen LogP contribution in [-0.2, 0) is 19.6 Å². The maximum absolute atomic E-state index is 12.6.